The third kappa shape index (κ3) is 3.27. The summed E-state index contributed by atoms with van der Waals surface area (Å²) in [4.78, 5) is 25.9. The fourth-order valence-electron chi connectivity index (χ4n) is 3.11. The van der Waals surface area contributed by atoms with Crippen LogP contribution in [0.3, 0.4) is 0 Å². The summed E-state index contributed by atoms with van der Waals surface area (Å²) in [6, 6.07) is 0. The Balaban J connectivity index is 1.42. The molecule has 3 aromatic rings. The lowest BCUT2D eigenvalue weighted by Gasteiger charge is -2.34. The molecule has 8 heteroatoms. The van der Waals surface area contributed by atoms with Crippen molar-refractivity contribution in [3.05, 3.63) is 45.8 Å². The molecule has 1 saturated heterocycles. The van der Waals surface area contributed by atoms with Gasteiger partial charge < -0.3 is 4.90 Å². The molecule has 130 valence electrons. The van der Waals surface area contributed by atoms with Crippen LogP contribution in [-0.2, 0) is 6.54 Å². The van der Waals surface area contributed by atoms with Gasteiger partial charge in [-0.05, 0) is 19.4 Å². The molecule has 0 bridgehead atoms. The second-order valence-corrected chi connectivity index (χ2v) is 7.45. The minimum absolute atomic E-state index is 0.00973. The molecule has 1 aliphatic rings. The predicted octanol–water partition coefficient (Wildman–Crippen LogP) is 1.76. The van der Waals surface area contributed by atoms with Crippen molar-refractivity contribution in [1.82, 2.24) is 29.4 Å². The molecule has 3 aromatic heterocycles. The fraction of sp³-hybridized carbons (Fsp3) is 0.412. The molecule has 0 atom stereocenters. The quantitative estimate of drug-likeness (QED) is 0.715. The van der Waals surface area contributed by atoms with Gasteiger partial charge in [0.15, 0.2) is 5.65 Å². The van der Waals surface area contributed by atoms with E-state index in [0.29, 0.717) is 24.3 Å². The van der Waals surface area contributed by atoms with E-state index in [-0.39, 0.29) is 5.91 Å². The van der Waals surface area contributed by atoms with Crippen molar-refractivity contribution in [3.8, 4) is 0 Å². The number of carbonyl (C=O) groups is 1. The molecule has 1 aliphatic heterocycles. The summed E-state index contributed by atoms with van der Waals surface area (Å²) in [7, 11) is 0. The van der Waals surface area contributed by atoms with Crippen LogP contribution >= 0.6 is 11.3 Å². The van der Waals surface area contributed by atoms with Crippen molar-refractivity contribution >= 4 is 22.9 Å². The molecule has 0 radical (unpaired) electrons. The van der Waals surface area contributed by atoms with E-state index in [9.17, 15) is 4.79 Å². The number of hydrogen-bond acceptors (Lipinski definition) is 6. The van der Waals surface area contributed by atoms with Gasteiger partial charge in [-0.1, -0.05) is 0 Å². The van der Waals surface area contributed by atoms with Crippen LogP contribution in [0.4, 0.5) is 0 Å². The predicted molar refractivity (Wildman–Crippen MR) is 95.8 cm³/mol. The van der Waals surface area contributed by atoms with Gasteiger partial charge in [0.05, 0.1) is 16.9 Å². The first-order chi connectivity index (χ1) is 12.1. The smallest absolute Gasteiger partial charge is 0.259 e. The van der Waals surface area contributed by atoms with Crippen molar-refractivity contribution < 1.29 is 4.79 Å². The first-order valence-electron chi connectivity index (χ1n) is 8.33. The van der Waals surface area contributed by atoms with Gasteiger partial charge in [0.1, 0.15) is 5.56 Å². The molecule has 1 amide bonds. The van der Waals surface area contributed by atoms with Gasteiger partial charge in [-0.2, -0.15) is 5.10 Å². The van der Waals surface area contributed by atoms with E-state index in [1.165, 1.54) is 0 Å². The van der Waals surface area contributed by atoms with Crippen LogP contribution in [0.25, 0.3) is 5.65 Å². The first-order valence-corrected chi connectivity index (χ1v) is 9.21. The lowest BCUT2D eigenvalue weighted by Crippen LogP contribution is -2.48. The molecule has 4 heterocycles. The van der Waals surface area contributed by atoms with E-state index in [0.717, 1.165) is 35.9 Å². The van der Waals surface area contributed by atoms with Crippen LogP contribution in [0.1, 0.15) is 26.6 Å². The molecule has 7 nitrogen and oxygen atoms in total. The Morgan fingerprint density at radius 2 is 2.00 bits per heavy atom. The highest BCUT2D eigenvalue weighted by molar-refractivity contribution is 7.09. The van der Waals surface area contributed by atoms with E-state index >= 15 is 0 Å². The van der Waals surface area contributed by atoms with Crippen LogP contribution in [-0.4, -0.2) is 61.5 Å². The number of nitrogens with zero attached hydrogens (tertiary/aromatic N) is 6. The Kier molecular flexibility index (Phi) is 4.22. The zero-order chi connectivity index (χ0) is 17.4. The summed E-state index contributed by atoms with van der Waals surface area (Å²) < 4.78 is 1.67. The highest BCUT2D eigenvalue weighted by Gasteiger charge is 2.25. The molecule has 0 N–H and O–H groups in total. The summed E-state index contributed by atoms with van der Waals surface area (Å²) in [5.41, 5.74) is 3.32. The van der Waals surface area contributed by atoms with Gasteiger partial charge in [-0.15, -0.1) is 11.3 Å². The van der Waals surface area contributed by atoms with Gasteiger partial charge in [0.25, 0.3) is 5.91 Å². The molecule has 1 fully saturated rings. The summed E-state index contributed by atoms with van der Waals surface area (Å²) in [6.45, 7) is 7.97. The van der Waals surface area contributed by atoms with Crippen LogP contribution < -0.4 is 0 Å². The van der Waals surface area contributed by atoms with Crippen LogP contribution in [0, 0.1) is 13.8 Å². The van der Waals surface area contributed by atoms with Crippen LogP contribution in [0.5, 0.6) is 0 Å². The maximum absolute atomic E-state index is 12.8. The number of aryl methyl sites for hydroxylation is 2. The number of carbonyl (C=O) groups excluding carboxylic acids is 1. The topological polar surface area (TPSA) is 66.6 Å². The fourth-order valence-corrected chi connectivity index (χ4v) is 3.71. The Hall–Kier alpha value is -2.32. The lowest BCUT2D eigenvalue weighted by atomic mass is 10.2. The zero-order valence-corrected chi connectivity index (χ0v) is 15.2. The molecule has 0 spiro atoms. The summed E-state index contributed by atoms with van der Waals surface area (Å²) in [6.07, 6.45) is 5.27. The minimum atomic E-state index is 0.00973. The van der Waals surface area contributed by atoms with Crippen molar-refractivity contribution in [3.63, 3.8) is 0 Å². The summed E-state index contributed by atoms with van der Waals surface area (Å²) in [5, 5.41) is 7.47. The van der Waals surface area contributed by atoms with E-state index in [2.05, 4.69) is 25.3 Å². The number of piperazine rings is 1. The number of thiazole rings is 1. The second kappa shape index (κ2) is 6.53. The number of aromatic nitrogens is 4. The number of fused-ring (bicyclic) bond motifs is 1. The van der Waals surface area contributed by atoms with Gasteiger partial charge in [-0.3, -0.25) is 9.69 Å². The van der Waals surface area contributed by atoms with E-state index < -0.39 is 0 Å². The average molecular weight is 356 g/mol. The number of amides is 1. The normalized spacial score (nSPS) is 15.8. The average Bonchev–Trinajstić information content (AvgIpc) is 3.20. The van der Waals surface area contributed by atoms with Crippen molar-refractivity contribution in [2.75, 3.05) is 26.2 Å². The number of rotatable bonds is 3. The summed E-state index contributed by atoms with van der Waals surface area (Å²) in [5.74, 6) is 0.00973. The van der Waals surface area contributed by atoms with Crippen LogP contribution in [0.2, 0.25) is 0 Å². The molecule has 0 aliphatic carbocycles. The summed E-state index contributed by atoms with van der Waals surface area (Å²) >= 11 is 1.68. The standard InChI is InChI=1S/C17H20N6OS/c1-12-7-18-16-15(8-19-23(16)9-12)17(24)22-5-3-21(4-6-22)10-14-11-25-13(2)20-14/h7-9,11H,3-6,10H2,1-2H3. The second-order valence-electron chi connectivity index (χ2n) is 6.38. The van der Waals surface area contributed by atoms with Gasteiger partial charge in [0.2, 0.25) is 0 Å². The number of hydrogen-bond donors (Lipinski definition) is 0. The molecule has 4 rings (SSSR count). The maximum Gasteiger partial charge on any atom is 0.259 e. The lowest BCUT2D eigenvalue weighted by molar-refractivity contribution is 0.0629. The molecular formula is C17H20N6OS. The monoisotopic (exact) mass is 356 g/mol. The third-order valence-corrected chi connectivity index (χ3v) is 5.25. The molecule has 0 saturated carbocycles. The maximum atomic E-state index is 12.8. The Morgan fingerprint density at radius 3 is 2.72 bits per heavy atom. The Bertz CT molecular complexity index is 909. The van der Waals surface area contributed by atoms with Crippen molar-refractivity contribution in [2.24, 2.45) is 0 Å². The zero-order valence-electron chi connectivity index (χ0n) is 14.3. The minimum Gasteiger partial charge on any atom is -0.336 e. The Labute approximate surface area is 149 Å². The largest absolute Gasteiger partial charge is 0.336 e. The molecular weight excluding hydrogens is 336 g/mol. The molecule has 0 unspecified atom stereocenters. The van der Waals surface area contributed by atoms with Crippen molar-refractivity contribution in [1.29, 1.82) is 0 Å². The SMILES string of the molecule is Cc1cnc2c(C(=O)N3CCN(Cc4csc(C)n4)CC3)cnn2c1. The Morgan fingerprint density at radius 1 is 1.20 bits per heavy atom. The highest BCUT2D eigenvalue weighted by Crippen LogP contribution is 2.15. The third-order valence-electron chi connectivity index (χ3n) is 4.43. The highest BCUT2D eigenvalue weighted by atomic mass is 32.1. The van der Waals surface area contributed by atoms with Gasteiger partial charge in [0, 0.05) is 50.5 Å². The van der Waals surface area contributed by atoms with Crippen molar-refractivity contribution in [2.45, 2.75) is 20.4 Å². The van der Waals surface area contributed by atoms with Gasteiger partial charge in [-0.25, -0.2) is 14.5 Å². The molecule has 0 aromatic carbocycles. The van der Waals surface area contributed by atoms with Crippen LogP contribution in [0.15, 0.2) is 24.0 Å². The van der Waals surface area contributed by atoms with E-state index in [1.54, 1.807) is 28.2 Å². The molecule has 25 heavy (non-hydrogen) atoms. The van der Waals surface area contributed by atoms with Gasteiger partial charge >= 0.3 is 0 Å². The first kappa shape index (κ1) is 16.2. The van der Waals surface area contributed by atoms with E-state index in [4.69, 9.17) is 0 Å². The van der Waals surface area contributed by atoms with E-state index in [1.807, 2.05) is 24.9 Å².